The van der Waals surface area contributed by atoms with Gasteiger partial charge in [0.25, 0.3) is 0 Å². The predicted octanol–water partition coefficient (Wildman–Crippen LogP) is 3.14. The Bertz CT molecular complexity index is 387. The third-order valence-corrected chi connectivity index (χ3v) is 3.59. The van der Waals surface area contributed by atoms with Crippen LogP contribution in [0.15, 0.2) is 0 Å². The summed E-state index contributed by atoms with van der Waals surface area (Å²) in [4.78, 5) is 15.8. The molecule has 5 heteroatoms. The first kappa shape index (κ1) is 14.1. The van der Waals surface area contributed by atoms with Gasteiger partial charge in [-0.2, -0.15) is 0 Å². The van der Waals surface area contributed by atoms with Crippen molar-refractivity contribution in [2.24, 2.45) is 5.92 Å². The van der Waals surface area contributed by atoms with Crippen LogP contribution in [0.25, 0.3) is 0 Å². The van der Waals surface area contributed by atoms with Gasteiger partial charge in [0.2, 0.25) is 0 Å². The second kappa shape index (κ2) is 6.12. The maximum absolute atomic E-state index is 11.1. The molecule has 1 aromatic heterocycles. The van der Waals surface area contributed by atoms with Crippen LogP contribution in [-0.4, -0.2) is 22.7 Å². The molecule has 17 heavy (non-hydrogen) atoms. The first-order valence-corrected chi connectivity index (χ1v) is 6.67. The molecule has 0 radical (unpaired) electrons. The molecule has 1 unspecified atom stereocenters. The van der Waals surface area contributed by atoms with Crippen molar-refractivity contribution in [1.82, 2.24) is 4.98 Å². The summed E-state index contributed by atoms with van der Waals surface area (Å²) >= 11 is 1.23. The van der Waals surface area contributed by atoms with Crippen LogP contribution < -0.4 is 0 Å². The van der Waals surface area contributed by atoms with Crippen LogP contribution in [0.5, 0.6) is 0 Å². The molecule has 4 nitrogen and oxygen atoms in total. The molecule has 0 aliphatic rings. The predicted molar refractivity (Wildman–Crippen MR) is 67.7 cm³/mol. The first-order chi connectivity index (χ1) is 8.01. The van der Waals surface area contributed by atoms with Crippen molar-refractivity contribution in [1.29, 1.82) is 0 Å². The van der Waals surface area contributed by atoms with E-state index < -0.39 is 5.97 Å². The summed E-state index contributed by atoms with van der Waals surface area (Å²) in [6.45, 7) is 8.55. The molecule has 0 aromatic carbocycles. The summed E-state index contributed by atoms with van der Waals surface area (Å²) in [5.74, 6) is -0.614. The van der Waals surface area contributed by atoms with E-state index in [0.29, 0.717) is 23.6 Å². The van der Waals surface area contributed by atoms with E-state index in [1.54, 1.807) is 0 Å². The molecule has 0 fully saturated rings. The van der Waals surface area contributed by atoms with Crippen molar-refractivity contribution in [2.45, 2.75) is 40.2 Å². The molecule has 0 spiro atoms. The van der Waals surface area contributed by atoms with Crippen LogP contribution in [0.4, 0.5) is 0 Å². The quantitative estimate of drug-likeness (QED) is 0.850. The highest BCUT2D eigenvalue weighted by Gasteiger charge is 2.24. The number of aryl methyl sites for hydroxylation is 1. The SMILES string of the molecule is CCOC(c1nc(CC)c(C(=O)O)s1)C(C)C. The highest BCUT2D eigenvalue weighted by atomic mass is 32.1. The Hall–Kier alpha value is -0.940. The number of nitrogens with zero attached hydrogens (tertiary/aromatic N) is 1. The van der Waals surface area contributed by atoms with Crippen LogP contribution in [0, 0.1) is 5.92 Å². The van der Waals surface area contributed by atoms with Crippen LogP contribution in [-0.2, 0) is 11.2 Å². The molecule has 1 N–H and O–H groups in total. The van der Waals surface area contributed by atoms with Crippen molar-refractivity contribution in [3.8, 4) is 0 Å². The molecular formula is C12H19NO3S. The Kier molecular flexibility index (Phi) is 5.08. The minimum atomic E-state index is -0.899. The van der Waals surface area contributed by atoms with Gasteiger partial charge in [-0.25, -0.2) is 9.78 Å². The van der Waals surface area contributed by atoms with Crippen LogP contribution in [0.1, 0.15) is 54.2 Å². The van der Waals surface area contributed by atoms with Gasteiger partial charge < -0.3 is 9.84 Å². The van der Waals surface area contributed by atoms with E-state index in [1.807, 2.05) is 27.7 Å². The minimum absolute atomic E-state index is 0.108. The van der Waals surface area contributed by atoms with Gasteiger partial charge in [0, 0.05) is 6.61 Å². The second-order valence-corrected chi connectivity index (χ2v) is 5.14. The number of aromatic carboxylic acids is 1. The summed E-state index contributed by atoms with van der Waals surface area (Å²) in [6, 6.07) is 0. The monoisotopic (exact) mass is 257 g/mol. The highest BCUT2D eigenvalue weighted by molar-refractivity contribution is 7.13. The van der Waals surface area contributed by atoms with E-state index >= 15 is 0 Å². The Morgan fingerprint density at radius 2 is 2.12 bits per heavy atom. The van der Waals surface area contributed by atoms with E-state index in [9.17, 15) is 4.79 Å². The molecule has 0 saturated carbocycles. The number of carboxylic acids is 1. The lowest BCUT2D eigenvalue weighted by Gasteiger charge is -2.17. The molecule has 1 rings (SSSR count). The van der Waals surface area contributed by atoms with Crippen LogP contribution in [0.2, 0.25) is 0 Å². The second-order valence-electron chi connectivity index (χ2n) is 4.11. The van der Waals surface area contributed by atoms with Gasteiger partial charge in [-0.1, -0.05) is 20.8 Å². The van der Waals surface area contributed by atoms with E-state index in [0.717, 1.165) is 5.01 Å². The van der Waals surface area contributed by atoms with Crippen molar-refractivity contribution in [2.75, 3.05) is 6.61 Å². The van der Waals surface area contributed by atoms with Crippen LogP contribution >= 0.6 is 11.3 Å². The summed E-state index contributed by atoms with van der Waals surface area (Å²) in [7, 11) is 0. The van der Waals surface area contributed by atoms with Crippen molar-refractivity contribution in [3.63, 3.8) is 0 Å². The smallest absolute Gasteiger partial charge is 0.347 e. The fourth-order valence-electron chi connectivity index (χ4n) is 1.63. The topological polar surface area (TPSA) is 59.4 Å². The fraction of sp³-hybridized carbons (Fsp3) is 0.667. The molecule has 0 aliphatic heterocycles. The lowest BCUT2D eigenvalue weighted by Crippen LogP contribution is -2.10. The molecule has 1 atom stereocenters. The number of thiazole rings is 1. The Labute approximate surface area is 106 Å². The molecule has 0 aliphatic carbocycles. The largest absolute Gasteiger partial charge is 0.477 e. The number of aromatic nitrogens is 1. The number of hydrogen-bond donors (Lipinski definition) is 1. The zero-order valence-corrected chi connectivity index (χ0v) is 11.5. The minimum Gasteiger partial charge on any atom is -0.477 e. The number of hydrogen-bond acceptors (Lipinski definition) is 4. The maximum Gasteiger partial charge on any atom is 0.347 e. The Morgan fingerprint density at radius 3 is 2.47 bits per heavy atom. The Morgan fingerprint density at radius 1 is 1.47 bits per heavy atom. The molecule has 0 saturated heterocycles. The van der Waals surface area contributed by atoms with Crippen molar-refractivity contribution in [3.05, 3.63) is 15.6 Å². The van der Waals surface area contributed by atoms with Crippen molar-refractivity contribution >= 4 is 17.3 Å². The van der Waals surface area contributed by atoms with E-state index in [-0.39, 0.29) is 12.0 Å². The molecule has 1 aromatic rings. The zero-order valence-electron chi connectivity index (χ0n) is 10.7. The molecular weight excluding hydrogens is 238 g/mol. The molecule has 1 heterocycles. The lowest BCUT2D eigenvalue weighted by atomic mass is 10.1. The van der Waals surface area contributed by atoms with E-state index in [1.165, 1.54) is 11.3 Å². The van der Waals surface area contributed by atoms with Gasteiger partial charge in [0.15, 0.2) is 0 Å². The first-order valence-electron chi connectivity index (χ1n) is 5.85. The van der Waals surface area contributed by atoms with Gasteiger partial charge in [-0.15, -0.1) is 11.3 Å². The van der Waals surface area contributed by atoms with Gasteiger partial charge in [0.05, 0.1) is 5.69 Å². The average Bonchev–Trinajstić information content (AvgIpc) is 2.69. The van der Waals surface area contributed by atoms with Gasteiger partial charge in [-0.05, 0) is 19.3 Å². The number of rotatable bonds is 6. The fourth-order valence-corrected chi connectivity index (χ4v) is 2.84. The standard InChI is InChI=1S/C12H19NO3S/c1-5-8-10(12(14)15)17-11(13-8)9(7(3)4)16-6-2/h7,9H,5-6H2,1-4H3,(H,14,15). The lowest BCUT2D eigenvalue weighted by molar-refractivity contribution is 0.0292. The third-order valence-electron chi connectivity index (χ3n) is 2.44. The maximum atomic E-state index is 11.1. The van der Waals surface area contributed by atoms with Crippen molar-refractivity contribution < 1.29 is 14.6 Å². The summed E-state index contributed by atoms with van der Waals surface area (Å²) < 4.78 is 5.64. The number of carbonyl (C=O) groups is 1. The molecule has 0 bridgehead atoms. The summed E-state index contributed by atoms with van der Waals surface area (Å²) in [5, 5.41) is 9.86. The average molecular weight is 257 g/mol. The molecule has 96 valence electrons. The van der Waals surface area contributed by atoms with Gasteiger partial charge in [0.1, 0.15) is 16.0 Å². The highest BCUT2D eigenvalue weighted by Crippen LogP contribution is 2.31. The normalized spacial score (nSPS) is 13.0. The summed E-state index contributed by atoms with van der Waals surface area (Å²) in [5.41, 5.74) is 0.655. The number of ether oxygens (including phenoxy) is 1. The third kappa shape index (κ3) is 3.26. The Balaban J connectivity index is 3.08. The van der Waals surface area contributed by atoms with E-state index in [4.69, 9.17) is 9.84 Å². The van der Waals surface area contributed by atoms with Gasteiger partial charge >= 0.3 is 5.97 Å². The number of carboxylic acid groups (broad SMARTS) is 1. The molecule has 0 amide bonds. The van der Waals surface area contributed by atoms with E-state index in [2.05, 4.69) is 4.98 Å². The van der Waals surface area contributed by atoms with Crippen LogP contribution in [0.3, 0.4) is 0 Å². The van der Waals surface area contributed by atoms with Gasteiger partial charge in [-0.3, -0.25) is 0 Å². The zero-order chi connectivity index (χ0) is 13.0. The summed E-state index contributed by atoms with van der Waals surface area (Å²) in [6.07, 6.45) is 0.526.